The molecule has 0 aromatic heterocycles. The minimum absolute atomic E-state index is 0.0335. The lowest BCUT2D eigenvalue weighted by Gasteiger charge is -2.36. The second-order valence-electron chi connectivity index (χ2n) is 9.32. The summed E-state index contributed by atoms with van der Waals surface area (Å²) in [5.74, 6) is -0.928. The summed E-state index contributed by atoms with van der Waals surface area (Å²) in [4.78, 5) is 12.7. The van der Waals surface area contributed by atoms with Crippen molar-refractivity contribution in [2.75, 3.05) is 13.1 Å². The number of carbonyl (C=O) groups is 1. The average molecular weight is 529 g/mol. The van der Waals surface area contributed by atoms with E-state index in [4.69, 9.17) is 4.74 Å². The normalized spacial score (nSPS) is 21.8. The Morgan fingerprint density at radius 2 is 1.58 bits per heavy atom. The summed E-state index contributed by atoms with van der Waals surface area (Å²) in [6, 6.07) is 10.8. The Balaban J connectivity index is 1.47. The van der Waals surface area contributed by atoms with Crippen molar-refractivity contribution in [2.45, 2.75) is 54.7 Å². The Bertz CT molecular complexity index is 1180. The van der Waals surface area contributed by atoms with Gasteiger partial charge >= 0.3 is 6.36 Å². The molecule has 1 atom stereocenters. The molecule has 3 N–H and O–H groups in total. The number of halogens is 3. The van der Waals surface area contributed by atoms with Crippen molar-refractivity contribution in [3.63, 3.8) is 0 Å². The number of ether oxygens (including phenoxy) is 2. The van der Waals surface area contributed by atoms with Crippen LogP contribution in [0.4, 0.5) is 13.2 Å². The van der Waals surface area contributed by atoms with Crippen LogP contribution in [-0.2, 0) is 21.2 Å². The topological polar surface area (TPSA) is 114 Å². The predicted octanol–water partition coefficient (Wildman–Crippen LogP) is 3.74. The minimum Gasteiger partial charge on any atom is -0.489 e. The molecule has 0 radical (unpaired) electrons. The molecule has 2 fully saturated rings. The van der Waals surface area contributed by atoms with Crippen molar-refractivity contribution in [3.8, 4) is 11.5 Å². The van der Waals surface area contributed by atoms with E-state index in [0.717, 1.165) is 25.9 Å². The molecule has 4 rings (SSSR count). The lowest BCUT2D eigenvalue weighted by molar-refractivity contribution is -0.274. The highest BCUT2D eigenvalue weighted by atomic mass is 32.2. The summed E-state index contributed by atoms with van der Waals surface area (Å²) in [6.45, 7) is 1.54. The molecule has 1 saturated carbocycles. The van der Waals surface area contributed by atoms with E-state index >= 15 is 0 Å². The first-order valence-electron chi connectivity index (χ1n) is 11.5. The summed E-state index contributed by atoms with van der Waals surface area (Å²) in [5.41, 5.74) is 1.89. The fourth-order valence-electron chi connectivity index (χ4n) is 5.18. The van der Waals surface area contributed by atoms with E-state index < -0.39 is 26.9 Å². The van der Waals surface area contributed by atoms with Crippen LogP contribution in [0.2, 0.25) is 0 Å². The zero-order chi connectivity index (χ0) is 26.0. The third kappa shape index (κ3) is 5.30. The second kappa shape index (κ2) is 9.91. The van der Waals surface area contributed by atoms with Crippen molar-refractivity contribution in [1.82, 2.24) is 10.8 Å². The molecule has 2 aromatic rings. The highest BCUT2D eigenvalue weighted by Crippen LogP contribution is 2.54. The quantitative estimate of drug-likeness (QED) is 0.371. The van der Waals surface area contributed by atoms with Gasteiger partial charge in [0.25, 0.3) is 5.91 Å². The van der Waals surface area contributed by atoms with Crippen LogP contribution in [0.25, 0.3) is 0 Å². The first-order valence-corrected chi connectivity index (χ1v) is 12.9. The van der Waals surface area contributed by atoms with Crippen LogP contribution in [-0.4, -0.2) is 43.7 Å². The van der Waals surface area contributed by atoms with Crippen molar-refractivity contribution in [3.05, 3.63) is 54.1 Å². The van der Waals surface area contributed by atoms with Crippen LogP contribution in [0.15, 0.2) is 53.4 Å². The van der Waals surface area contributed by atoms with E-state index in [9.17, 15) is 31.6 Å². The van der Waals surface area contributed by atoms with E-state index in [2.05, 4.69) is 10.1 Å². The molecule has 12 heteroatoms. The van der Waals surface area contributed by atoms with Crippen LogP contribution in [0, 0.1) is 5.41 Å². The molecule has 196 valence electrons. The van der Waals surface area contributed by atoms with E-state index in [-0.39, 0.29) is 35.5 Å². The zero-order valence-electron chi connectivity index (χ0n) is 19.3. The van der Waals surface area contributed by atoms with Crippen LogP contribution in [0.1, 0.15) is 37.7 Å². The van der Waals surface area contributed by atoms with Gasteiger partial charge in [0.15, 0.2) is 14.6 Å². The molecule has 1 amide bonds. The molecule has 1 aliphatic carbocycles. The first kappa shape index (κ1) is 26.2. The van der Waals surface area contributed by atoms with Gasteiger partial charge in [0, 0.05) is 0 Å². The zero-order valence-corrected chi connectivity index (χ0v) is 20.1. The summed E-state index contributed by atoms with van der Waals surface area (Å²) in [6.07, 6.45) is -2.41. The van der Waals surface area contributed by atoms with Crippen LogP contribution >= 0.6 is 0 Å². The number of hydrogen-bond donors (Lipinski definition) is 3. The first-order chi connectivity index (χ1) is 17.0. The van der Waals surface area contributed by atoms with E-state index in [0.29, 0.717) is 17.7 Å². The second-order valence-corrected chi connectivity index (χ2v) is 11.6. The van der Waals surface area contributed by atoms with Crippen LogP contribution in [0.5, 0.6) is 11.5 Å². The minimum atomic E-state index is -4.77. The highest BCUT2D eigenvalue weighted by Gasteiger charge is 2.60. The van der Waals surface area contributed by atoms with Gasteiger partial charge in [-0.15, -0.1) is 13.2 Å². The molecule has 1 aliphatic heterocycles. The number of rotatable bonds is 7. The van der Waals surface area contributed by atoms with Crippen molar-refractivity contribution >= 4 is 15.7 Å². The fourth-order valence-corrected chi connectivity index (χ4v) is 7.28. The van der Waals surface area contributed by atoms with Crippen molar-refractivity contribution < 1.29 is 41.1 Å². The number of hydroxylamine groups is 1. The van der Waals surface area contributed by atoms with Crippen LogP contribution < -0.4 is 20.3 Å². The maximum absolute atomic E-state index is 13.7. The molecule has 2 aliphatic rings. The van der Waals surface area contributed by atoms with E-state index in [1.54, 1.807) is 5.48 Å². The monoisotopic (exact) mass is 528 g/mol. The van der Waals surface area contributed by atoms with E-state index in [1.807, 2.05) is 0 Å². The molecule has 2 aromatic carbocycles. The van der Waals surface area contributed by atoms with Crippen LogP contribution in [0.3, 0.4) is 0 Å². The third-order valence-corrected chi connectivity index (χ3v) is 9.57. The van der Waals surface area contributed by atoms with Gasteiger partial charge < -0.3 is 14.8 Å². The Kier molecular flexibility index (Phi) is 7.22. The number of sulfone groups is 1. The van der Waals surface area contributed by atoms with Crippen molar-refractivity contribution in [2.24, 2.45) is 5.41 Å². The maximum atomic E-state index is 13.7. The van der Waals surface area contributed by atoms with Gasteiger partial charge in [-0.1, -0.05) is 12.1 Å². The lowest BCUT2D eigenvalue weighted by atomic mass is 9.77. The summed E-state index contributed by atoms with van der Waals surface area (Å²) >= 11 is 0. The Labute approximate surface area is 206 Å². The molecule has 1 spiro atoms. The molecular weight excluding hydrogens is 501 g/mol. The largest absolute Gasteiger partial charge is 0.573 e. The summed E-state index contributed by atoms with van der Waals surface area (Å²) < 4.78 is 71.9. The molecular formula is C24H27F3N2O6S. The lowest BCUT2D eigenvalue weighted by Crippen LogP contribution is -2.51. The summed E-state index contributed by atoms with van der Waals surface area (Å²) in [7, 11) is -4.14. The number of amides is 1. The standard InChI is InChI=1S/C24H27F3N2O6S/c25-24(26,27)35-19-3-1-17(2-4-19)15-34-18-5-7-20(8-6-18)36(32,33)23(21(30)29-31)10-9-22(16-23)11-13-28-14-12-22/h1-8,28,31H,9-16H2,(H,29,30). The SMILES string of the molecule is O=C(NO)C1(S(=O)(=O)c2ccc(OCc3ccc(OC(F)(F)F)cc3)cc2)CCC2(CCNCC2)C1. The van der Waals surface area contributed by atoms with E-state index in [1.165, 1.54) is 48.5 Å². The maximum Gasteiger partial charge on any atom is 0.573 e. The van der Waals surface area contributed by atoms with Gasteiger partial charge in [-0.05, 0) is 92.6 Å². The number of alkyl halides is 3. The van der Waals surface area contributed by atoms with Gasteiger partial charge in [-0.3, -0.25) is 10.0 Å². The van der Waals surface area contributed by atoms with Gasteiger partial charge in [-0.2, -0.15) is 0 Å². The number of benzene rings is 2. The molecule has 1 saturated heterocycles. The highest BCUT2D eigenvalue weighted by molar-refractivity contribution is 7.93. The van der Waals surface area contributed by atoms with Gasteiger partial charge in [0.1, 0.15) is 18.1 Å². The smallest absolute Gasteiger partial charge is 0.489 e. The third-order valence-electron chi connectivity index (χ3n) is 7.11. The Hall–Kier alpha value is -2.83. The van der Waals surface area contributed by atoms with Gasteiger partial charge in [0.2, 0.25) is 0 Å². The molecule has 8 nitrogen and oxygen atoms in total. The van der Waals surface area contributed by atoms with Crippen molar-refractivity contribution in [1.29, 1.82) is 0 Å². The fraction of sp³-hybridized carbons (Fsp3) is 0.458. The molecule has 1 unspecified atom stereocenters. The number of carbonyl (C=O) groups excluding carboxylic acids is 1. The summed E-state index contributed by atoms with van der Waals surface area (Å²) in [5, 5.41) is 12.6. The molecule has 0 bridgehead atoms. The number of nitrogens with one attached hydrogen (secondary N) is 2. The Morgan fingerprint density at radius 3 is 2.17 bits per heavy atom. The number of hydrogen-bond acceptors (Lipinski definition) is 7. The number of piperidine rings is 1. The average Bonchev–Trinajstić information content (AvgIpc) is 3.23. The van der Waals surface area contributed by atoms with Gasteiger partial charge in [-0.25, -0.2) is 13.9 Å². The molecule has 1 heterocycles. The van der Waals surface area contributed by atoms with Gasteiger partial charge in [0.05, 0.1) is 4.90 Å². The Morgan fingerprint density at radius 1 is 0.972 bits per heavy atom. The predicted molar refractivity (Wildman–Crippen MR) is 122 cm³/mol. The molecule has 36 heavy (non-hydrogen) atoms.